The Hall–Kier alpha value is -1.31. The topological polar surface area (TPSA) is 37.3 Å². The van der Waals surface area contributed by atoms with Crippen molar-refractivity contribution in [2.75, 3.05) is 0 Å². The lowest BCUT2D eigenvalue weighted by Gasteiger charge is -2.19. The monoisotopic (exact) mass is 316 g/mol. The van der Waals surface area contributed by atoms with Crippen molar-refractivity contribution in [1.82, 2.24) is 0 Å². The molecule has 0 unspecified atom stereocenters. The van der Waals surface area contributed by atoms with Gasteiger partial charge in [-0.1, -0.05) is 39.0 Å². The fraction of sp³-hybridized carbons (Fsp3) is 0.667. The van der Waals surface area contributed by atoms with E-state index in [2.05, 4.69) is 45.9 Å². The summed E-state index contributed by atoms with van der Waals surface area (Å²) < 4.78 is 0. The predicted molar refractivity (Wildman–Crippen MR) is 95.8 cm³/mol. The first-order valence-electron chi connectivity index (χ1n) is 9.04. The minimum atomic E-state index is -0.590. The summed E-state index contributed by atoms with van der Waals surface area (Å²) in [5, 5.41) is 9.30. The van der Waals surface area contributed by atoms with E-state index in [1.165, 1.54) is 29.5 Å². The Morgan fingerprint density at radius 2 is 1.87 bits per heavy atom. The van der Waals surface area contributed by atoms with Crippen LogP contribution in [0.4, 0.5) is 0 Å². The van der Waals surface area contributed by atoms with E-state index >= 15 is 0 Å². The van der Waals surface area contributed by atoms with Crippen molar-refractivity contribution in [2.45, 2.75) is 79.1 Å². The third-order valence-electron chi connectivity index (χ3n) is 5.27. The van der Waals surface area contributed by atoms with Gasteiger partial charge in [-0.15, -0.1) is 0 Å². The van der Waals surface area contributed by atoms with Crippen molar-refractivity contribution < 1.29 is 9.90 Å². The number of aliphatic carboxylic acids is 1. The van der Waals surface area contributed by atoms with E-state index in [1.54, 1.807) is 0 Å². The van der Waals surface area contributed by atoms with E-state index in [9.17, 15) is 9.90 Å². The summed E-state index contributed by atoms with van der Waals surface area (Å²) in [6.45, 7) is 9.08. The molecule has 1 aromatic carbocycles. The Morgan fingerprint density at radius 3 is 2.43 bits per heavy atom. The highest BCUT2D eigenvalue weighted by Crippen LogP contribution is 2.50. The predicted octanol–water partition coefficient (Wildman–Crippen LogP) is 5.55. The SMILES string of the molecule is Cc1cccc(CCCC(C)(C)C)c1CCCC1(C(=O)O)CC1. The molecule has 0 atom stereocenters. The Labute approximate surface area is 141 Å². The Kier molecular flexibility index (Phi) is 5.54. The lowest BCUT2D eigenvalue weighted by molar-refractivity contribution is -0.143. The number of hydrogen-bond acceptors (Lipinski definition) is 1. The number of benzene rings is 1. The van der Waals surface area contributed by atoms with E-state index < -0.39 is 5.97 Å². The number of aryl methyl sites for hydroxylation is 2. The summed E-state index contributed by atoms with van der Waals surface area (Å²) in [5.41, 5.74) is 4.30. The van der Waals surface area contributed by atoms with E-state index in [0.717, 1.165) is 38.5 Å². The van der Waals surface area contributed by atoms with Crippen LogP contribution in [0.2, 0.25) is 0 Å². The zero-order valence-electron chi connectivity index (χ0n) is 15.2. The van der Waals surface area contributed by atoms with Crippen LogP contribution in [-0.4, -0.2) is 11.1 Å². The second-order valence-corrected chi connectivity index (χ2v) is 8.57. The molecule has 2 rings (SSSR count). The van der Waals surface area contributed by atoms with E-state index in [-0.39, 0.29) is 5.41 Å². The molecule has 2 heteroatoms. The molecule has 0 spiro atoms. The molecule has 1 aliphatic carbocycles. The summed E-state index contributed by atoms with van der Waals surface area (Å²) >= 11 is 0. The van der Waals surface area contributed by atoms with E-state index in [1.807, 2.05) is 0 Å². The van der Waals surface area contributed by atoms with Gasteiger partial charge in [-0.25, -0.2) is 0 Å². The summed E-state index contributed by atoms with van der Waals surface area (Å²) in [7, 11) is 0. The average molecular weight is 316 g/mol. The number of carboxylic acids is 1. The third kappa shape index (κ3) is 5.09. The van der Waals surface area contributed by atoms with E-state index in [4.69, 9.17) is 0 Å². The second-order valence-electron chi connectivity index (χ2n) is 8.57. The molecule has 0 bridgehead atoms. The maximum Gasteiger partial charge on any atom is 0.309 e. The Balaban J connectivity index is 1.93. The van der Waals surface area contributed by atoms with E-state index in [0.29, 0.717) is 5.41 Å². The molecule has 0 saturated heterocycles. The van der Waals surface area contributed by atoms with Gasteiger partial charge in [0.25, 0.3) is 0 Å². The Morgan fingerprint density at radius 1 is 1.17 bits per heavy atom. The maximum absolute atomic E-state index is 11.3. The lowest BCUT2D eigenvalue weighted by atomic mass is 9.87. The van der Waals surface area contributed by atoms with Gasteiger partial charge in [0, 0.05) is 0 Å². The van der Waals surface area contributed by atoms with Gasteiger partial charge in [0.05, 0.1) is 5.41 Å². The third-order valence-corrected chi connectivity index (χ3v) is 5.27. The molecule has 0 radical (unpaired) electrons. The van der Waals surface area contributed by atoms with Gasteiger partial charge in [0.2, 0.25) is 0 Å². The molecule has 1 aromatic rings. The highest BCUT2D eigenvalue weighted by Gasteiger charge is 2.49. The van der Waals surface area contributed by atoms with Crippen molar-refractivity contribution in [3.63, 3.8) is 0 Å². The van der Waals surface area contributed by atoms with Crippen LogP contribution < -0.4 is 0 Å². The lowest BCUT2D eigenvalue weighted by Crippen LogP contribution is -2.15. The number of hydrogen-bond donors (Lipinski definition) is 1. The van der Waals surface area contributed by atoms with Crippen LogP contribution in [0.3, 0.4) is 0 Å². The summed E-state index contributed by atoms with van der Waals surface area (Å²) in [6, 6.07) is 6.60. The highest BCUT2D eigenvalue weighted by molar-refractivity contribution is 5.77. The summed E-state index contributed by atoms with van der Waals surface area (Å²) in [4.78, 5) is 11.3. The minimum Gasteiger partial charge on any atom is -0.481 e. The second kappa shape index (κ2) is 7.07. The van der Waals surface area contributed by atoms with Gasteiger partial charge in [0.1, 0.15) is 0 Å². The molecule has 0 aliphatic heterocycles. The van der Waals surface area contributed by atoms with Gasteiger partial charge in [-0.3, -0.25) is 4.79 Å². The molecule has 128 valence electrons. The van der Waals surface area contributed by atoms with Crippen LogP contribution in [0, 0.1) is 17.8 Å². The highest BCUT2D eigenvalue weighted by atomic mass is 16.4. The van der Waals surface area contributed by atoms with Crippen LogP contribution >= 0.6 is 0 Å². The van der Waals surface area contributed by atoms with Crippen molar-refractivity contribution >= 4 is 5.97 Å². The minimum absolute atomic E-state index is 0.380. The first kappa shape index (κ1) is 18.0. The molecular formula is C21H32O2. The quantitative estimate of drug-likeness (QED) is 0.682. The summed E-state index contributed by atoms with van der Waals surface area (Å²) in [6.07, 6.45) is 8.18. The fourth-order valence-corrected chi connectivity index (χ4v) is 3.49. The molecular weight excluding hydrogens is 284 g/mol. The van der Waals surface area contributed by atoms with Crippen LogP contribution in [0.5, 0.6) is 0 Å². The molecule has 1 N–H and O–H groups in total. The molecule has 1 aliphatic rings. The number of rotatable bonds is 8. The molecule has 1 saturated carbocycles. The van der Waals surface area contributed by atoms with Crippen LogP contribution in [-0.2, 0) is 17.6 Å². The number of carboxylic acid groups (broad SMARTS) is 1. The molecule has 0 aromatic heterocycles. The standard InChI is InChI=1S/C21H32O2/c1-16-8-5-9-17(10-6-12-20(2,3)4)18(16)11-7-13-21(14-15-21)19(22)23/h5,8-9H,6-7,10-15H2,1-4H3,(H,22,23). The smallest absolute Gasteiger partial charge is 0.309 e. The molecule has 1 fully saturated rings. The first-order valence-corrected chi connectivity index (χ1v) is 9.04. The average Bonchev–Trinajstić information content (AvgIpc) is 3.21. The Bertz CT molecular complexity index is 547. The van der Waals surface area contributed by atoms with Crippen molar-refractivity contribution in [1.29, 1.82) is 0 Å². The maximum atomic E-state index is 11.3. The largest absolute Gasteiger partial charge is 0.481 e. The van der Waals surface area contributed by atoms with Crippen molar-refractivity contribution in [3.05, 3.63) is 34.9 Å². The fourth-order valence-electron chi connectivity index (χ4n) is 3.49. The van der Waals surface area contributed by atoms with Crippen LogP contribution in [0.25, 0.3) is 0 Å². The molecule has 0 amide bonds. The zero-order valence-corrected chi connectivity index (χ0v) is 15.2. The van der Waals surface area contributed by atoms with Crippen molar-refractivity contribution in [2.24, 2.45) is 10.8 Å². The number of carbonyl (C=O) groups is 1. The molecule has 23 heavy (non-hydrogen) atoms. The van der Waals surface area contributed by atoms with Gasteiger partial charge in [-0.2, -0.15) is 0 Å². The van der Waals surface area contributed by atoms with Gasteiger partial charge < -0.3 is 5.11 Å². The van der Waals surface area contributed by atoms with Crippen LogP contribution in [0.1, 0.15) is 76.0 Å². The summed E-state index contributed by atoms with van der Waals surface area (Å²) in [5.74, 6) is -0.590. The van der Waals surface area contributed by atoms with Crippen LogP contribution in [0.15, 0.2) is 18.2 Å². The normalized spacial score (nSPS) is 16.3. The zero-order chi connectivity index (χ0) is 17.1. The van der Waals surface area contributed by atoms with Gasteiger partial charge in [-0.05, 0) is 80.4 Å². The van der Waals surface area contributed by atoms with Gasteiger partial charge in [0.15, 0.2) is 0 Å². The van der Waals surface area contributed by atoms with Crippen molar-refractivity contribution in [3.8, 4) is 0 Å². The van der Waals surface area contributed by atoms with Gasteiger partial charge >= 0.3 is 5.97 Å². The first-order chi connectivity index (χ1) is 10.7. The molecule has 0 heterocycles. The molecule has 2 nitrogen and oxygen atoms in total.